The average Bonchev–Trinajstić information content (AvgIpc) is 2.16. The first kappa shape index (κ1) is 10.1. The van der Waals surface area contributed by atoms with Gasteiger partial charge >= 0.3 is 0 Å². The van der Waals surface area contributed by atoms with E-state index in [9.17, 15) is 9.90 Å². The Morgan fingerprint density at radius 2 is 2.13 bits per heavy atom. The molecule has 15 heavy (non-hydrogen) atoms. The lowest BCUT2D eigenvalue weighted by atomic mass is 9.69. The molecule has 1 aromatic carbocycles. The van der Waals surface area contributed by atoms with E-state index in [1.807, 2.05) is 31.2 Å². The van der Waals surface area contributed by atoms with Gasteiger partial charge in [-0.3, -0.25) is 0 Å². The molecule has 1 aliphatic carbocycles. The molecule has 0 bridgehead atoms. The molecule has 3 heteroatoms. The van der Waals surface area contributed by atoms with Crippen molar-refractivity contribution in [2.45, 2.75) is 31.4 Å². The SMILES string of the molecule is Cc1ccccc1C1(N=C=O)CC(O)C1. The van der Waals surface area contributed by atoms with E-state index in [1.165, 1.54) is 0 Å². The second kappa shape index (κ2) is 3.61. The van der Waals surface area contributed by atoms with Crippen LogP contribution in [0.25, 0.3) is 0 Å². The van der Waals surface area contributed by atoms with Crippen LogP contribution in [0.2, 0.25) is 0 Å². The van der Waals surface area contributed by atoms with Gasteiger partial charge < -0.3 is 5.11 Å². The van der Waals surface area contributed by atoms with E-state index in [1.54, 1.807) is 6.08 Å². The summed E-state index contributed by atoms with van der Waals surface area (Å²) in [4.78, 5) is 14.3. The van der Waals surface area contributed by atoms with Crippen molar-refractivity contribution < 1.29 is 9.90 Å². The third-order valence-corrected chi connectivity index (χ3v) is 3.05. The van der Waals surface area contributed by atoms with Crippen LogP contribution in [0.3, 0.4) is 0 Å². The number of hydrogen-bond donors (Lipinski definition) is 1. The van der Waals surface area contributed by atoms with E-state index in [2.05, 4.69) is 4.99 Å². The van der Waals surface area contributed by atoms with Gasteiger partial charge in [0, 0.05) is 12.8 Å². The fourth-order valence-corrected chi connectivity index (χ4v) is 2.27. The first-order chi connectivity index (χ1) is 7.18. The Morgan fingerprint density at radius 3 is 2.67 bits per heavy atom. The molecule has 0 unspecified atom stereocenters. The second-order valence-corrected chi connectivity index (χ2v) is 4.11. The zero-order valence-corrected chi connectivity index (χ0v) is 8.60. The Labute approximate surface area is 88.5 Å². The highest BCUT2D eigenvalue weighted by Crippen LogP contribution is 2.45. The number of aliphatic hydroxyl groups is 1. The molecule has 3 nitrogen and oxygen atoms in total. The molecule has 0 radical (unpaired) electrons. The molecule has 0 aliphatic heterocycles. The van der Waals surface area contributed by atoms with Gasteiger partial charge in [-0.05, 0) is 18.1 Å². The third kappa shape index (κ3) is 1.60. The summed E-state index contributed by atoms with van der Waals surface area (Å²) >= 11 is 0. The highest BCUT2D eigenvalue weighted by Gasteiger charge is 2.45. The van der Waals surface area contributed by atoms with E-state index in [4.69, 9.17) is 0 Å². The van der Waals surface area contributed by atoms with E-state index in [0.29, 0.717) is 12.8 Å². The summed E-state index contributed by atoms with van der Waals surface area (Å²) in [6.45, 7) is 1.99. The van der Waals surface area contributed by atoms with Crippen molar-refractivity contribution in [1.29, 1.82) is 0 Å². The van der Waals surface area contributed by atoms with Gasteiger partial charge in [0.05, 0.1) is 6.10 Å². The number of isocyanates is 1. The Kier molecular flexibility index (Phi) is 2.43. The highest BCUT2D eigenvalue weighted by molar-refractivity contribution is 5.42. The number of aliphatic hydroxyl groups excluding tert-OH is 1. The summed E-state index contributed by atoms with van der Waals surface area (Å²) < 4.78 is 0. The van der Waals surface area contributed by atoms with Crippen LogP contribution in [0.5, 0.6) is 0 Å². The zero-order chi connectivity index (χ0) is 10.9. The van der Waals surface area contributed by atoms with E-state index >= 15 is 0 Å². The molecule has 0 spiro atoms. The lowest BCUT2D eigenvalue weighted by Gasteiger charge is -2.42. The molecule has 0 aromatic heterocycles. The first-order valence-corrected chi connectivity index (χ1v) is 5.01. The number of benzene rings is 1. The molecule has 1 N–H and O–H groups in total. The van der Waals surface area contributed by atoms with Crippen molar-refractivity contribution in [3.63, 3.8) is 0 Å². The summed E-state index contributed by atoms with van der Waals surface area (Å²) in [6, 6.07) is 7.82. The predicted octanol–water partition coefficient (Wildman–Crippen LogP) is 1.68. The summed E-state index contributed by atoms with van der Waals surface area (Å²) in [5.74, 6) is 0. The van der Waals surface area contributed by atoms with Crippen molar-refractivity contribution >= 4 is 6.08 Å². The van der Waals surface area contributed by atoms with Crippen molar-refractivity contribution in [2.75, 3.05) is 0 Å². The van der Waals surface area contributed by atoms with E-state index in [-0.39, 0.29) is 6.10 Å². The number of aryl methyl sites for hydroxylation is 1. The maximum absolute atomic E-state index is 10.4. The minimum absolute atomic E-state index is 0.346. The van der Waals surface area contributed by atoms with Crippen LogP contribution in [-0.4, -0.2) is 17.3 Å². The predicted molar refractivity (Wildman–Crippen MR) is 56.2 cm³/mol. The van der Waals surface area contributed by atoms with Crippen LogP contribution in [0.4, 0.5) is 0 Å². The molecule has 0 atom stereocenters. The number of hydrogen-bond acceptors (Lipinski definition) is 3. The van der Waals surface area contributed by atoms with Gasteiger partial charge in [0.25, 0.3) is 0 Å². The van der Waals surface area contributed by atoms with Gasteiger partial charge in [0.15, 0.2) is 0 Å². The van der Waals surface area contributed by atoms with Gasteiger partial charge in [-0.1, -0.05) is 24.3 Å². The molecule has 1 fully saturated rings. The smallest absolute Gasteiger partial charge is 0.235 e. The maximum Gasteiger partial charge on any atom is 0.235 e. The summed E-state index contributed by atoms with van der Waals surface area (Å²) in [5, 5.41) is 9.37. The van der Waals surface area contributed by atoms with Crippen molar-refractivity contribution in [3.8, 4) is 0 Å². The van der Waals surface area contributed by atoms with Crippen LogP contribution in [0.1, 0.15) is 24.0 Å². The molecule has 0 amide bonds. The number of aliphatic imine (C=N–C) groups is 1. The van der Waals surface area contributed by atoms with E-state index in [0.717, 1.165) is 11.1 Å². The molecule has 1 saturated carbocycles. The van der Waals surface area contributed by atoms with Crippen LogP contribution in [-0.2, 0) is 10.3 Å². The second-order valence-electron chi connectivity index (χ2n) is 4.11. The highest BCUT2D eigenvalue weighted by atomic mass is 16.3. The molecule has 78 valence electrons. The van der Waals surface area contributed by atoms with E-state index < -0.39 is 5.54 Å². The van der Waals surface area contributed by atoms with Gasteiger partial charge in [-0.15, -0.1) is 0 Å². The minimum Gasteiger partial charge on any atom is -0.393 e. The minimum atomic E-state index is -0.521. The summed E-state index contributed by atoms with van der Waals surface area (Å²) in [6.07, 6.45) is 2.32. The fourth-order valence-electron chi connectivity index (χ4n) is 2.27. The lowest BCUT2D eigenvalue weighted by Crippen LogP contribution is -2.43. The quantitative estimate of drug-likeness (QED) is 0.587. The molecule has 1 aliphatic rings. The van der Waals surface area contributed by atoms with Gasteiger partial charge in [0.1, 0.15) is 5.54 Å². The van der Waals surface area contributed by atoms with Crippen molar-refractivity contribution in [1.82, 2.24) is 0 Å². The van der Waals surface area contributed by atoms with Crippen LogP contribution < -0.4 is 0 Å². The van der Waals surface area contributed by atoms with Crippen LogP contribution in [0.15, 0.2) is 29.3 Å². The van der Waals surface area contributed by atoms with Gasteiger partial charge in [0.2, 0.25) is 6.08 Å². The van der Waals surface area contributed by atoms with Crippen molar-refractivity contribution in [2.24, 2.45) is 4.99 Å². The largest absolute Gasteiger partial charge is 0.393 e. The Balaban J connectivity index is 2.43. The average molecular weight is 203 g/mol. The monoisotopic (exact) mass is 203 g/mol. The van der Waals surface area contributed by atoms with Gasteiger partial charge in [-0.25, -0.2) is 4.79 Å². The van der Waals surface area contributed by atoms with Crippen molar-refractivity contribution in [3.05, 3.63) is 35.4 Å². The van der Waals surface area contributed by atoms with Crippen LogP contribution in [0, 0.1) is 6.92 Å². The third-order valence-electron chi connectivity index (χ3n) is 3.05. The summed E-state index contributed by atoms with van der Waals surface area (Å²) in [5.41, 5.74) is 1.61. The molecular weight excluding hydrogens is 190 g/mol. The first-order valence-electron chi connectivity index (χ1n) is 5.01. The maximum atomic E-state index is 10.4. The van der Waals surface area contributed by atoms with Crippen LogP contribution >= 0.6 is 0 Å². The molecular formula is C12H13NO2. The zero-order valence-electron chi connectivity index (χ0n) is 8.60. The molecule has 2 rings (SSSR count). The Morgan fingerprint density at radius 1 is 1.47 bits per heavy atom. The normalized spacial score (nSPS) is 29.1. The molecule has 0 saturated heterocycles. The lowest BCUT2D eigenvalue weighted by molar-refractivity contribution is 0.0220. The molecule has 0 heterocycles. The van der Waals surface area contributed by atoms with Gasteiger partial charge in [-0.2, -0.15) is 4.99 Å². The Bertz CT molecular complexity index is 415. The topological polar surface area (TPSA) is 49.7 Å². The number of carbonyl (C=O) groups excluding carboxylic acids is 1. The summed E-state index contributed by atoms with van der Waals surface area (Å²) in [7, 11) is 0. The standard InChI is InChI=1S/C12H13NO2/c1-9-4-2-3-5-11(9)12(13-8-14)6-10(15)7-12/h2-5,10,15H,6-7H2,1H3. The fraction of sp³-hybridized carbons (Fsp3) is 0.417. The molecule has 1 aromatic rings. The number of rotatable bonds is 2. The number of nitrogens with zero attached hydrogens (tertiary/aromatic N) is 1. The Hall–Kier alpha value is -1.44.